The van der Waals surface area contributed by atoms with Crippen molar-refractivity contribution in [3.05, 3.63) is 65.4 Å². The number of aromatic nitrogens is 1. The maximum absolute atomic E-state index is 12.3. The molecule has 0 atom stereocenters. The van der Waals surface area contributed by atoms with Gasteiger partial charge in [0, 0.05) is 17.3 Å². The molecule has 0 unspecified atom stereocenters. The van der Waals surface area contributed by atoms with E-state index in [0.717, 1.165) is 27.8 Å². The number of aryl methyl sites for hydroxylation is 2. The molecule has 1 aromatic heterocycles. The Hall–Kier alpha value is -2.88. The van der Waals surface area contributed by atoms with Gasteiger partial charge in [0.2, 0.25) is 0 Å². The molecule has 0 aliphatic rings. The number of pyridine rings is 1. The highest BCUT2D eigenvalue weighted by Crippen LogP contribution is 2.30. The molecule has 0 aliphatic heterocycles. The van der Waals surface area contributed by atoms with Gasteiger partial charge in [-0.3, -0.25) is 4.98 Å². The van der Waals surface area contributed by atoms with Crippen LogP contribution in [0.25, 0.3) is 10.9 Å². The van der Waals surface area contributed by atoms with Crippen LogP contribution in [0, 0.1) is 13.8 Å². The molecule has 0 saturated heterocycles. The molecule has 2 aromatic carbocycles. The highest BCUT2D eigenvalue weighted by Gasteiger charge is 2.17. The SMILES string of the molecule is CCOC(=O)c1cnc2ccc(C)cc2c1Nc1ccc(C)cc1. The minimum Gasteiger partial charge on any atom is -0.462 e. The average molecular weight is 320 g/mol. The number of rotatable bonds is 4. The third kappa shape index (κ3) is 3.23. The Morgan fingerprint density at radius 3 is 2.50 bits per heavy atom. The molecule has 122 valence electrons. The monoisotopic (exact) mass is 320 g/mol. The van der Waals surface area contributed by atoms with E-state index in [0.29, 0.717) is 12.2 Å². The first kappa shape index (κ1) is 16.0. The van der Waals surface area contributed by atoms with E-state index >= 15 is 0 Å². The van der Waals surface area contributed by atoms with Crippen LogP contribution in [0.3, 0.4) is 0 Å². The van der Waals surface area contributed by atoms with Crippen LogP contribution < -0.4 is 5.32 Å². The van der Waals surface area contributed by atoms with Crippen molar-refractivity contribution >= 4 is 28.2 Å². The predicted molar refractivity (Wildman–Crippen MR) is 96.9 cm³/mol. The molecule has 0 aliphatic carbocycles. The number of benzene rings is 2. The second-order valence-electron chi connectivity index (χ2n) is 5.78. The van der Waals surface area contributed by atoms with Crippen molar-refractivity contribution in [2.75, 3.05) is 11.9 Å². The summed E-state index contributed by atoms with van der Waals surface area (Å²) in [7, 11) is 0. The van der Waals surface area contributed by atoms with Crippen molar-refractivity contribution < 1.29 is 9.53 Å². The third-order valence-corrected chi connectivity index (χ3v) is 3.84. The molecule has 0 amide bonds. The van der Waals surface area contributed by atoms with Crippen LogP contribution in [0.4, 0.5) is 11.4 Å². The molecular formula is C20H20N2O2. The van der Waals surface area contributed by atoms with E-state index in [1.54, 1.807) is 13.1 Å². The molecule has 0 spiro atoms. The van der Waals surface area contributed by atoms with Gasteiger partial charge < -0.3 is 10.1 Å². The number of nitrogens with one attached hydrogen (secondary N) is 1. The first-order valence-corrected chi connectivity index (χ1v) is 7.98. The minimum absolute atomic E-state index is 0.328. The van der Waals surface area contributed by atoms with Gasteiger partial charge in [-0.15, -0.1) is 0 Å². The fourth-order valence-corrected chi connectivity index (χ4v) is 2.59. The normalized spacial score (nSPS) is 10.6. The lowest BCUT2D eigenvalue weighted by Gasteiger charge is -2.14. The smallest absolute Gasteiger partial charge is 0.341 e. The van der Waals surface area contributed by atoms with E-state index in [1.807, 2.05) is 56.3 Å². The van der Waals surface area contributed by atoms with Gasteiger partial charge in [0.15, 0.2) is 0 Å². The number of ether oxygens (including phenoxy) is 1. The van der Waals surface area contributed by atoms with Gasteiger partial charge in [-0.1, -0.05) is 29.3 Å². The van der Waals surface area contributed by atoms with Gasteiger partial charge in [0.05, 0.1) is 17.8 Å². The van der Waals surface area contributed by atoms with Crippen LogP contribution in [-0.2, 0) is 4.74 Å². The maximum atomic E-state index is 12.3. The van der Waals surface area contributed by atoms with Crippen molar-refractivity contribution in [1.82, 2.24) is 4.98 Å². The fourth-order valence-electron chi connectivity index (χ4n) is 2.59. The summed E-state index contributed by atoms with van der Waals surface area (Å²) in [4.78, 5) is 16.7. The molecule has 4 nitrogen and oxygen atoms in total. The van der Waals surface area contributed by atoms with E-state index in [-0.39, 0.29) is 5.97 Å². The number of fused-ring (bicyclic) bond motifs is 1. The summed E-state index contributed by atoms with van der Waals surface area (Å²) < 4.78 is 5.19. The van der Waals surface area contributed by atoms with E-state index in [9.17, 15) is 4.79 Å². The largest absolute Gasteiger partial charge is 0.462 e. The van der Waals surface area contributed by atoms with E-state index in [4.69, 9.17) is 4.74 Å². The molecule has 1 heterocycles. The Bertz CT molecular complexity index is 886. The van der Waals surface area contributed by atoms with E-state index in [2.05, 4.69) is 10.3 Å². The van der Waals surface area contributed by atoms with Crippen LogP contribution in [0.2, 0.25) is 0 Å². The summed E-state index contributed by atoms with van der Waals surface area (Å²) in [6.45, 7) is 6.18. The zero-order valence-corrected chi connectivity index (χ0v) is 14.1. The van der Waals surface area contributed by atoms with Gasteiger partial charge >= 0.3 is 5.97 Å². The number of carbonyl (C=O) groups is 1. The molecule has 3 rings (SSSR count). The highest BCUT2D eigenvalue weighted by atomic mass is 16.5. The summed E-state index contributed by atoms with van der Waals surface area (Å²) >= 11 is 0. The number of carbonyl (C=O) groups excluding carboxylic acids is 1. The summed E-state index contributed by atoms with van der Waals surface area (Å²) in [6, 6.07) is 14.0. The Morgan fingerprint density at radius 2 is 1.79 bits per heavy atom. The van der Waals surface area contributed by atoms with Gasteiger partial charge in [-0.2, -0.15) is 0 Å². The van der Waals surface area contributed by atoms with Crippen molar-refractivity contribution in [3.8, 4) is 0 Å². The molecule has 4 heteroatoms. The number of hydrogen-bond donors (Lipinski definition) is 1. The van der Waals surface area contributed by atoms with Crippen LogP contribution in [0.1, 0.15) is 28.4 Å². The Balaban J connectivity index is 2.16. The second kappa shape index (κ2) is 6.71. The van der Waals surface area contributed by atoms with Crippen LogP contribution in [0.15, 0.2) is 48.7 Å². The van der Waals surface area contributed by atoms with Gasteiger partial charge in [-0.25, -0.2) is 4.79 Å². The van der Waals surface area contributed by atoms with E-state index < -0.39 is 0 Å². The lowest BCUT2D eigenvalue weighted by atomic mass is 10.1. The quantitative estimate of drug-likeness (QED) is 0.703. The molecule has 0 bridgehead atoms. The molecule has 0 radical (unpaired) electrons. The molecule has 1 N–H and O–H groups in total. The van der Waals surface area contributed by atoms with Crippen molar-refractivity contribution in [1.29, 1.82) is 0 Å². The Kier molecular flexibility index (Phi) is 4.47. The van der Waals surface area contributed by atoms with E-state index in [1.165, 1.54) is 5.56 Å². The zero-order chi connectivity index (χ0) is 17.1. The molecule has 0 saturated carbocycles. The van der Waals surface area contributed by atoms with Crippen molar-refractivity contribution in [2.45, 2.75) is 20.8 Å². The number of esters is 1. The molecule has 24 heavy (non-hydrogen) atoms. The first-order chi connectivity index (χ1) is 11.6. The van der Waals surface area contributed by atoms with Gasteiger partial charge in [0.25, 0.3) is 0 Å². The van der Waals surface area contributed by atoms with Crippen molar-refractivity contribution in [3.63, 3.8) is 0 Å². The standard InChI is InChI=1S/C20H20N2O2/c1-4-24-20(23)17-12-21-18-10-7-14(3)11-16(18)19(17)22-15-8-5-13(2)6-9-15/h5-12H,4H2,1-3H3,(H,21,22). The lowest BCUT2D eigenvalue weighted by Crippen LogP contribution is -2.09. The first-order valence-electron chi connectivity index (χ1n) is 7.98. The van der Waals surface area contributed by atoms with Crippen LogP contribution in [0.5, 0.6) is 0 Å². The van der Waals surface area contributed by atoms with Crippen LogP contribution in [-0.4, -0.2) is 17.6 Å². The second-order valence-corrected chi connectivity index (χ2v) is 5.78. The molecule has 3 aromatic rings. The number of hydrogen-bond acceptors (Lipinski definition) is 4. The Morgan fingerprint density at radius 1 is 1.08 bits per heavy atom. The fraction of sp³-hybridized carbons (Fsp3) is 0.200. The average Bonchev–Trinajstić information content (AvgIpc) is 2.57. The van der Waals surface area contributed by atoms with Gasteiger partial charge in [-0.05, 0) is 45.0 Å². The molecular weight excluding hydrogens is 300 g/mol. The summed E-state index contributed by atoms with van der Waals surface area (Å²) in [5, 5.41) is 4.27. The maximum Gasteiger partial charge on any atom is 0.341 e. The minimum atomic E-state index is -0.372. The van der Waals surface area contributed by atoms with Crippen molar-refractivity contribution in [2.24, 2.45) is 0 Å². The molecule has 0 fully saturated rings. The van der Waals surface area contributed by atoms with Gasteiger partial charge in [0.1, 0.15) is 5.56 Å². The van der Waals surface area contributed by atoms with Crippen LogP contribution >= 0.6 is 0 Å². The topological polar surface area (TPSA) is 51.2 Å². The zero-order valence-electron chi connectivity index (χ0n) is 14.1. The number of anilines is 2. The summed E-state index contributed by atoms with van der Waals surface area (Å²) in [5.74, 6) is -0.372. The summed E-state index contributed by atoms with van der Waals surface area (Å²) in [5.41, 5.74) is 5.21. The summed E-state index contributed by atoms with van der Waals surface area (Å²) in [6.07, 6.45) is 1.58. The predicted octanol–water partition coefficient (Wildman–Crippen LogP) is 4.77. The number of nitrogens with zero attached hydrogens (tertiary/aromatic N) is 1. The Labute approximate surface area is 141 Å². The lowest BCUT2D eigenvalue weighted by molar-refractivity contribution is 0.0527. The highest BCUT2D eigenvalue weighted by molar-refractivity contribution is 6.06. The third-order valence-electron chi connectivity index (χ3n) is 3.84.